The number of rotatable bonds is 2. The largest absolute Gasteiger partial charge is 0.321 e. The van der Waals surface area contributed by atoms with Gasteiger partial charge in [-0.25, -0.2) is 0 Å². The lowest BCUT2D eigenvalue weighted by atomic mass is 10.2. The van der Waals surface area contributed by atoms with E-state index in [2.05, 4.69) is 26.2 Å². The van der Waals surface area contributed by atoms with Gasteiger partial charge in [0.05, 0.1) is 16.3 Å². The molecule has 2 aromatic rings. The van der Waals surface area contributed by atoms with Crippen LogP contribution in [-0.2, 0) is 0 Å². The van der Waals surface area contributed by atoms with Gasteiger partial charge in [0.2, 0.25) is 0 Å². The molecular formula is C13H10BrClN2O. The van der Waals surface area contributed by atoms with Crippen molar-refractivity contribution >= 4 is 39.1 Å². The lowest BCUT2D eigenvalue weighted by Gasteiger charge is -2.07. The number of pyridine rings is 1. The summed E-state index contributed by atoms with van der Waals surface area (Å²) < 4.78 is 0.755. The molecule has 1 aromatic carbocycles. The summed E-state index contributed by atoms with van der Waals surface area (Å²) in [7, 11) is 0. The van der Waals surface area contributed by atoms with Crippen molar-refractivity contribution in [1.82, 2.24) is 4.98 Å². The van der Waals surface area contributed by atoms with Crippen molar-refractivity contribution in [2.24, 2.45) is 0 Å². The van der Waals surface area contributed by atoms with E-state index in [1.807, 2.05) is 13.0 Å². The molecule has 1 amide bonds. The summed E-state index contributed by atoms with van der Waals surface area (Å²) in [6.07, 6.45) is 3.12. The summed E-state index contributed by atoms with van der Waals surface area (Å²) in [4.78, 5) is 15.9. The molecule has 0 atom stereocenters. The number of hydrogen-bond acceptors (Lipinski definition) is 2. The van der Waals surface area contributed by atoms with Crippen LogP contribution in [0.2, 0.25) is 5.02 Å². The van der Waals surface area contributed by atoms with Crippen LogP contribution in [0.4, 0.5) is 5.69 Å². The molecule has 0 fully saturated rings. The van der Waals surface area contributed by atoms with Crippen molar-refractivity contribution < 1.29 is 4.79 Å². The van der Waals surface area contributed by atoms with E-state index in [0.29, 0.717) is 16.3 Å². The van der Waals surface area contributed by atoms with Gasteiger partial charge in [0.25, 0.3) is 5.91 Å². The lowest BCUT2D eigenvalue weighted by Crippen LogP contribution is -2.12. The van der Waals surface area contributed by atoms with Crippen LogP contribution in [0.1, 0.15) is 15.9 Å². The average Bonchev–Trinajstić information content (AvgIpc) is 2.32. The number of aromatic nitrogens is 1. The molecule has 0 unspecified atom stereocenters. The second kappa shape index (κ2) is 5.50. The fourth-order valence-electron chi connectivity index (χ4n) is 1.45. The molecule has 92 valence electrons. The van der Waals surface area contributed by atoms with Crippen molar-refractivity contribution in [3.05, 3.63) is 57.3 Å². The Bertz CT molecular complexity index is 601. The molecule has 0 aliphatic rings. The van der Waals surface area contributed by atoms with Crippen LogP contribution in [0.3, 0.4) is 0 Å². The first-order chi connectivity index (χ1) is 8.56. The highest BCUT2D eigenvalue weighted by atomic mass is 79.9. The molecule has 3 nitrogen and oxygen atoms in total. The van der Waals surface area contributed by atoms with E-state index in [1.54, 1.807) is 24.4 Å². The summed E-state index contributed by atoms with van der Waals surface area (Å²) in [5.74, 6) is -0.241. The summed E-state index contributed by atoms with van der Waals surface area (Å²) in [5, 5.41) is 3.27. The summed E-state index contributed by atoms with van der Waals surface area (Å²) in [5.41, 5.74) is 2.11. The van der Waals surface area contributed by atoms with E-state index in [-0.39, 0.29) is 5.91 Å². The Labute approximate surface area is 118 Å². The summed E-state index contributed by atoms with van der Waals surface area (Å²) >= 11 is 9.32. The SMILES string of the molecule is Cc1ccc(NC(=O)c2cncc(Br)c2)c(Cl)c1. The molecule has 0 radical (unpaired) electrons. The number of halogens is 2. The number of nitrogens with one attached hydrogen (secondary N) is 1. The molecule has 1 aromatic heterocycles. The fourth-order valence-corrected chi connectivity index (χ4v) is 2.10. The maximum absolute atomic E-state index is 12.0. The van der Waals surface area contributed by atoms with Crippen LogP contribution in [0, 0.1) is 6.92 Å². The molecule has 0 saturated carbocycles. The predicted octanol–water partition coefficient (Wildman–Crippen LogP) is 4.06. The minimum atomic E-state index is -0.241. The van der Waals surface area contributed by atoms with Crippen LogP contribution in [0.25, 0.3) is 0 Å². The van der Waals surface area contributed by atoms with Crippen molar-refractivity contribution in [3.8, 4) is 0 Å². The molecule has 0 spiro atoms. The molecule has 5 heteroatoms. The highest BCUT2D eigenvalue weighted by Crippen LogP contribution is 2.23. The van der Waals surface area contributed by atoms with Gasteiger partial charge in [-0.1, -0.05) is 17.7 Å². The normalized spacial score (nSPS) is 10.2. The Morgan fingerprint density at radius 3 is 2.78 bits per heavy atom. The number of nitrogens with zero attached hydrogens (tertiary/aromatic N) is 1. The third-order valence-corrected chi connectivity index (χ3v) is 3.09. The maximum Gasteiger partial charge on any atom is 0.257 e. The van der Waals surface area contributed by atoms with Crippen LogP contribution in [0.15, 0.2) is 41.1 Å². The highest BCUT2D eigenvalue weighted by molar-refractivity contribution is 9.10. The van der Waals surface area contributed by atoms with Crippen LogP contribution in [0.5, 0.6) is 0 Å². The van der Waals surface area contributed by atoms with Gasteiger partial charge >= 0.3 is 0 Å². The van der Waals surface area contributed by atoms with Gasteiger partial charge in [0.15, 0.2) is 0 Å². The van der Waals surface area contributed by atoms with Gasteiger partial charge in [-0.05, 0) is 46.6 Å². The number of benzene rings is 1. The minimum absolute atomic E-state index is 0.241. The molecule has 0 aliphatic carbocycles. The van der Waals surface area contributed by atoms with Crippen LogP contribution in [-0.4, -0.2) is 10.9 Å². The molecule has 1 N–H and O–H groups in total. The van der Waals surface area contributed by atoms with Crippen molar-refractivity contribution in [3.63, 3.8) is 0 Å². The number of amides is 1. The Kier molecular flexibility index (Phi) is 3.99. The zero-order valence-corrected chi connectivity index (χ0v) is 11.9. The lowest BCUT2D eigenvalue weighted by molar-refractivity contribution is 0.102. The minimum Gasteiger partial charge on any atom is -0.321 e. The Balaban J connectivity index is 2.21. The zero-order chi connectivity index (χ0) is 13.1. The third kappa shape index (κ3) is 3.09. The second-order valence-corrected chi connectivity index (χ2v) is 5.15. The van der Waals surface area contributed by atoms with E-state index in [9.17, 15) is 4.79 Å². The van der Waals surface area contributed by atoms with E-state index in [0.717, 1.165) is 10.0 Å². The second-order valence-electron chi connectivity index (χ2n) is 3.83. The molecule has 0 bridgehead atoms. The van der Waals surface area contributed by atoms with Crippen molar-refractivity contribution in [1.29, 1.82) is 0 Å². The number of carbonyl (C=O) groups excluding carboxylic acids is 1. The number of carbonyl (C=O) groups is 1. The first-order valence-electron chi connectivity index (χ1n) is 5.24. The molecular weight excluding hydrogens is 316 g/mol. The fraction of sp³-hybridized carbons (Fsp3) is 0.0769. The number of anilines is 1. The monoisotopic (exact) mass is 324 g/mol. The van der Waals surface area contributed by atoms with Crippen LogP contribution >= 0.6 is 27.5 Å². The third-order valence-electron chi connectivity index (χ3n) is 2.34. The Morgan fingerprint density at radius 2 is 2.11 bits per heavy atom. The first kappa shape index (κ1) is 13.1. The van der Waals surface area contributed by atoms with Crippen molar-refractivity contribution in [2.45, 2.75) is 6.92 Å². The van der Waals surface area contributed by atoms with E-state index in [4.69, 9.17) is 11.6 Å². The molecule has 1 heterocycles. The van der Waals surface area contributed by atoms with Gasteiger partial charge in [-0.3, -0.25) is 9.78 Å². The van der Waals surface area contributed by atoms with E-state index in [1.165, 1.54) is 6.20 Å². The van der Waals surface area contributed by atoms with E-state index >= 15 is 0 Å². The highest BCUT2D eigenvalue weighted by Gasteiger charge is 2.09. The van der Waals surface area contributed by atoms with E-state index < -0.39 is 0 Å². The molecule has 18 heavy (non-hydrogen) atoms. The quantitative estimate of drug-likeness (QED) is 0.905. The first-order valence-corrected chi connectivity index (χ1v) is 6.41. The van der Waals surface area contributed by atoms with Gasteiger partial charge < -0.3 is 5.32 Å². The Morgan fingerprint density at radius 1 is 1.33 bits per heavy atom. The number of hydrogen-bond donors (Lipinski definition) is 1. The molecule has 0 saturated heterocycles. The molecule has 2 rings (SSSR count). The zero-order valence-electron chi connectivity index (χ0n) is 9.58. The van der Waals surface area contributed by atoms with Gasteiger partial charge in [0, 0.05) is 16.9 Å². The smallest absolute Gasteiger partial charge is 0.257 e. The maximum atomic E-state index is 12.0. The Hall–Kier alpha value is -1.39. The average molecular weight is 326 g/mol. The topological polar surface area (TPSA) is 42.0 Å². The van der Waals surface area contributed by atoms with Gasteiger partial charge in [-0.2, -0.15) is 0 Å². The molecule has 0 aliphatic heterocycles. The number of aryl methyl sites for hydroxylation is 1. The summed E-state index contributed by atoms with van der Waals surface area (Å²) in [6.45, 7) is 1.94. The van der Waals surface area contributed by atoms with Gasteiger partial charge in [-0.15, -0.1) is 0 Å². The van der Waals surface area contributed by atoms with Crippen LogP contribution < -0.4 is 5.32 Å². The van der Waals surface area contributed by atoms with Crippen molar-refractivity contribution in [2.75, 3.05) is 5.32 Å². The van der Waals surface area contributed by atoms with Gasteiger partial charge in [0.1, 0.15) is 0 Å². The standard InChI is InChI=1S/C13H10BrClN2O/c1-8-2-3-12(11(15)4-8)17-13(18)9-5-10(14)7-16-6-9/h2-7H,1H3,(H,17,18). The summed E-state index contributed by atoms with van der Waals surface area (Å²) in [6, 6.07) is 7.17. The predicted molar refractivity (Wildman–Crippen MR) is 76.1 cm³/mol.